The molecular formula is C53H36FIrN5O-4. The van der Waals surface area contributed by atoms with Gasteiger partial charge in [-0.1, -0.05) is 95.9 Å². The Bertz CT molecular complexity index is 3070. The van der Waals surface area contributed by atoms with E-state index < -0.39 is 0 Å². The minimum atomic E-state index is -0.312. The molecule has 9 aromatic rings. The van der Waals surface area contributed by atoms with Crippen LogP contribution < -0.4 is 4.90 Å². The molecule has 6 nitrogen and oxygen atoms in total. The Morgan fingerprint density at radius 1 is 0.689 bits per heavy atom. The average Bonchev–Trinajstić information content (AvgIpc) is 3.90. The summed E-state index contributed by atoms with van der Waals surface area (Å²) in [4.78, 5) is 16.9. The number of hydrogen-bond donors (Lipinski definition) is 0. The van der Waals surface area contributed by atoms with Crippen molar-refractivity contribution in [3.05, 3.63) is 211 Å². The first kappa shape index (κ1) is 40.6. The predicted molar refractivity (Wildman–Crippen MR) is 239 cm³/mol. The van der Waals surface area contributed by atoms with Crippen molar-refractivity contribution in [1.29, 1.82) is 0 Å². The Kier molecular flexibility index (Phi) is 11.7. The minimum Gasteiger partial charge on any atom is -0.510 e. The smallest absolute Gasteiger partial charge is 0.190 e. The van der Waals surface area contributed by atoms with Gasteiger partial charge in [0.25, 0.3) is 0 Å². The monoisotopic (exact) mass is 970 g/mol. The van der Waals surface area contributed by atoms with Gasteiger partial charge in [0.1, 0.15) is 5.58 Å². The molecule has 0 spiro atoms. The molecule has 1 radical (unpaired) electrons. The van der Waals surface area contributed by atoms with Crippen LogP contribution in [0, 0.1) is 51.1 Å². The number of anilines is 1. The normalized spacial score (nSPS) is 11.9. The summed E-state index contributed by atoms with van der Waals surface area (Å²) in [5, 5.41) is 1.96. The van der Waals surface area contributed by atoms with E-state index in [1.54, 1.807) is 12.1 Å². The largest absolute Gasteiger partial charge is 0.510 e. The van der Waals surface area contributed by atoms with Gasteiger partial charge in [-0.05, 0) is 89.9 Å². The van der Waals surface area contributed by atoms with Crippen LogP contribution in [0.1, 0.15) is 11.1 Å². The number of fused-ring (bicyclic) bond motifs is 3. The summed E-state index contributed by atoms with van der Waals surface area (Å²) in [5.41, 5.74) is 14.7. The number of pyridine rings is 2. The van der Waals surface area contributed by atoms with Crippen LogP contribution in [-0.4, -0.2) is 21.9 Å². The van der Waals surface area contributed by atoms with Crippen molar-refractivity contribution in [3.8, 4) is 56.0 Å². The van der Waals surface area contributed by atoms with Crippen LogP contribution in [0.5, 0.6) is 0 Å². The molecule has 0 unspecified atom stereocenters. The summed E-state index contributed by atoms with van der Waals surface area (Å²) >= 11 is 0. The fraction of sp³-hybridized carbons (Fsp3) is 0.0566. The van der Waals surface area contributed by atoms with Gasteiger partial charge < -0.3 is 24.2 Å². The van der Waals surface area contributed by atoms with E-state index in [-0.39, 0.29) is 25.9 Å². The summed E-state index contributed by atoms with van der Waals surface area (Å²) < 4.78 is 19.6. The van der Waals surface area contributed by atoms with Crippen LogP contribution in [0.2, 0.25) is 0 Å². The second kappa shape index (κ2) is 17.6. The first-order valence-corrected chi connectivity index (χ1v) is 19.4. The second-order valence-corrected chi connectivity index (χ2v) is 14.6. The molecule has 10 rings (SSSR count). The molecule has 299 valence electrons. The maximum absolute atomic E-state index is 13.4. The SMILES string of the molecule is Fc1c[c-]c(-c2cc(-c3ccc(-c4ccccc4)cc3)cc(-c3[c-]cccc3)n2)cc1.[C-]#[N+]c1ccc2c(c1)oc1c(N3C=CN(C)[CH-]3)[c-]c(-c3cc(C)c(C)cn3)cc12.[Ir]. The zero-order valence-electron chi connectivity index (χ0n) is 33.4. The van der Waals surface area contributed by atoms with Gasteiger partial charge in [0.05, 0.1) is 12.2 Å². The van der Waals surface area contributed by atoms with Crippen molar-refractivity contribution in [3.63, 3.8) is 0 Å². The van der Waals surface area contributed by atoms with E-state index in [4.69, 9.17) is 16.0 Å². The topological polar surface area (TPSA) is 49.8 Å². The number of nitrogens with zero attached hydrogens (tertiary/aromatic N) is 5. The summed E-state index contributed by atoms with van der Waals surface area (Å²) in [6.07, 6.45) is 5.84. The van der Waals surface area contributed by atoms with E-state index >= 15 is 0 Å². The Morgan fingerprint density at radius 3 is 2.07 bits per heavy atom. The summed E-state index contributed by atoms with van der Waals surface area (Å²) in [6, 6.07) is 54.6. The van der Waals surface area contributed by atoms with Crippen LogP contribution in [0.3, 0.4) is 0 Å². The van der Waals surface area contributed by atoms with Crippen LogP contribution in [0.25, 0.3) is 82.8 Å². The zero-order valence-corrected chi connectivity index (χ0v) is 35.8. The molecule has 4 heterocycles. The van der Waals surface area contributed by atoms with Gasteiger partial charge in [0.15, 0.2) is 5.69 Å². The number of hydrogen-bond acceptors (Lipinski definition) is 5. The van der Waals surface area contributed by atoms with Crippen LogP contribution in [0.4, 0.5) is 15.8 Å². The molecule has 0 amide bonds. The molecule has 0 aliphatic carbocycles. The van der Waals surface area contributed by atoms with Crippen molar-refractivity contribution < 1.29 is 28.9 Å². The van der Waals surface area contributed by atoms with Gasteiger partial charge in [-0.3, -0.25) is 4.39 Å². The van der Waals surface area contributed by atoms with Gasteiger partial charge >= 0.3 is 0 Å². The van der Waals surface area contributed by atoms with E-state index in [2.05, 4.69) is 96.5 Å². The first-order valence-electron chi connectivity index (χ1n) is 19.4. The number of halogens is 1. The third-order valence-corrected chi connectivity index (χ3v) is 10.5. The minimum absolute atomic E-state index is 0. The number of aromatic nitrogens is 2. The molecule has 0 bridgehead atoms. The number of benzene rings is 6. The van der Waals surface area contributed by atoms with Gasteiger partial charge in [-0.25, -0.2) is 4.85 Å². The van der Waals surface area contributed by atoms with Crippen molar-refractivity contribution in [1.82, 2.24) is 14.9 Å². The van der Waals surface area contributed by atoms with Crippen molar-refractivity contribution in [2.24, 2.45) is 0 Å². The zero-order chi connectivity index (χ0) is 41.2. The van der Waals surface area contributed by atoms with Crippen molar-refractivity contribution in [2.75, 3.05) is 11.9 Å². The second-order valence-electron chi connectivity index (χ2n) is 14.6. The fourth-order valence-electron chi connectivity index (χ4n) is 7.11. The standard InChI is InChI=1S/C29H18FN.C24H18N4O.Ir/c30-27-17-15-25(16-18-27)29-20-26(19-28(31-29)24-9-5-2-6-10-24)23-13-11-22(12-14-23)21-7-3-1-4-8-21;1-15-9-21(26-13-16(15)2)17-10-20-19-6-5-18(25-3)12-23(19)29-24(20)22(11-17)28-8-7-27(4)14-28;/h1-9,11-15,17-20H;5-10,12-14H,1-2,4H3;/q2*-2;. The summed E-state index contributed by atoms with van der Waals surface area (Å²) in [6.45, 7) is 13.4. The molecule has 8 heteroatoms. The molecule has 0 fully saturated rings. The van der Waals surface area contributed by atoms with Crippen LogP contribution >= 0.6 is 0 Å². The Hall–Kier alpha value is -7.17. The molecule has 0 atom stereocenters. The molecule has 0 saturated heterocycles. The summed E-state index contributed by atoms with van der Waals surface area (Å²) in [7, 11) is 1.98. The third kappa shape index (κ3) is 8.62. The van der Waals surface area contributed by atoms with Gasteiger partial charge in [-0.2, -0.15) is 6.67 Å². The third-order valence-electron chi connectivity index (χ3n) is 10.5. The van der Waals surface area contributed by atoms with E-state index in [0.717, 1.165) is 72.5 Å². The van der Waals surface area contributed by atoms with E-state index in [9.17, 15) is 4.39 Å². The number of aryl methyl sites for hydroxylation is 2. The Balaban J connectivity index is 0.000000166. The molecular weight excluding hydrogens is 934 g/mol. The van der Waals surface area contributed by atoms with E-state index in [0.29, 0.717) is 11.3 Å². The van der Waals surface area contributed by atoms with Crippen molar-refractivity contribution in [2.45, 2.75) is 13.8 Å². The molecule has 3 aromatic heterocycles. The van der Waals surface area contributed by atoms with E-state index in [1.165, 1.54) is 28.8 Å². The number of furan rings is 1. The van der Waals surface area contributed by atoms with Gasteiger partial charge in [0.2, 0.25) is 0 Å². The summed E-state index contributed by atoms with van der Waals surface area (Å²) in [5.74, 6) is -0.312. The Morgan fingerprint density at radius 2 is 1.41 bits per heavy atom. The molecule has 0 N–H and O–H groups in total. The quantitative estimate of drug-likeness (QED) is 0.155. The maximum Gasteiger partial charge on any atom is 0.190 e. The predicted octanol–water partition coefficient (Wildman–Crippen LogP) is 13.4. The van der Waals surface area contributed by atoms with E-state index in [1.807, 2.05) is 103 Å². The molecule has 1 aliphatic heterocycles. The Labute approximate surface area is 368 Å². The van der Waals surface area contributed by atoms with Gasteiger partial charge in [0, 0.05) is 37.5 Å². The van der Waals surface area contributed by atoms with Crippen LogP contribution in [-0.2, 0) is 20.1 Å². The molecule has 6 aromatic carbocycles. The fourth-order valence-corrected chi connectivity index (χ4v) is 7.11. The van der Waals surface area contributed by atoms with Crippen LogP contribution in [0.15, 0.2) is 163 Å². The maximum atomic E-state index is 13.4. The number of rotatable bonds is 6. The van der Waals surface area contributed by atoms with Crippen molar-refractivity contribution >= 4 is 33.3 Å². The molecule has 0 saturated carbocycles. The molecule has 1 aliphatic rings. The van der Waals surface area contributed by atoms with Gasteiger partial charge in [-0.15, -0.1) is 83.4 Å². The first-order chi connectivity index (χ1) is 29.3. The average molecular weight is 970 g/mol. The molecule has 61 heavy (non-hydrogen) atoms.